The molecule has 0 heterocycles. The predicted octanol–water partition coefficient (Wildman–Crippen LogP) is 0.640. The van der Waals surface area contributed by atoms with Crippen molar-refractivity contribution in [2.75, 3.05) is 6.54 Å². The van der Waals surface area contributed by atoms with E-state index >= 15 is 0 Å². The molecule has 1 atom stereocenters. The van der Waals surface area contributed by atoms with E-state index < -0.39 is 0 Å². The molecule has 3 heteroatoms. The molecule has 66 valence electrons. The molecular formula is C8H18N2O. The molecule has 0 aliphatic carbocycles. The summed E-state index contributed by atoms with van der Waals surface area (Å²) in [7, 11) is 0. The van der Waals surface area contributed by atoms with Crippen LogP contribution < -0.4 is 11.1 Å². The van der Waals surface area contributed by atoms with Gasteiger partial charge in [0.25, 0.3) is 0 Å². The molecule has 0 aromatic rings. The highest BCUT2D eigenvalue weighted by atomic mass is 16.1. The van der Waals surface area contributed by atoms with Crippen LogP contribution in [0.25, 0.3) is 0 Å². The van der Waals surface area contributed by atoms with Gasteiger partial charge in [0.05, 0.1) is 6.04 Å². The fraction of sp³-hybridized carbons (Fsp3) is 0.875. The van der Waals surface area contributed by atoms with E-state index in [1.165, 1.54) is 12.8 Å². The van der Waals surface area contributed by atoms with Gasteiger partial charge < -0.3 is 11.1 Å². The summed E-state index contributed by atoms with van der Waals surface area (Å²) in [6, 6.07) is -0.188. The molecule has 0 aliphatic rings. The number of rotatable bonds is 6. The Morgan fingerprint density at radius 2 is 2.18 bits per heavy atom. The summed E-state index contributed by atoms with van der Waals surface area (Å²) >= 11 is 0. The Bertz CT molecular complexity index is 115. The quantitative estimate of drug-likeness (QED) is 0.557. The predicted molar refractivity (Wildman–Crippen MR) is 46.2 cm³/mol. The molecule has 0 radical (unpaired) electrons. The van der Waals surface area contributed by atoms with Crippen molar-refractivity contribution in [1.29, 1.82) is 0 Å². The maximum absolute atomic E-state index is 10.5. The minimum absolute atomic E-state index is 0.188. The maximum Gasteiger partial charge on any atom is 0.234 e. The SMILES string of the molecule is CCCCCNC(C)C(N)=O. The van der Waals surface area contributed by atoms with Crippen molar-refractivity contribution in [3.05, 3.63) is 0 Å². The first-order valence-corrected chi connectivity index (χ1v) is 4.21. The third-order valence-electron chi connectivity index (χ3n) is 1.66. The molecule has 0 aliphatic heterocycles. The van der Waals surface area contributed by atoms with Crippen molar-refractivity contribution in [2.45, 2.75) is 39.2 Å². The molecule has 0 saturated heterocycles. The lowest BCUT2D eigenvalue weighted by Crippen LogP contribution is -2.39. The summed E-state index contributed by atoms with van der Waals surface area (Å²) in [5, 5.41) is 3.04. The molecule has 0 aromatic carbocycles. The third-order valence-corrected chi connectivity index (χ3v) is 1.66. The van der Waals surface area contributed by atoms with Gasteiger partial charge in [0.1, 0.15) is 0 Å². The summed E-state index contributed by atoms with van der Waals surface area (Å²) in [4.78, 5) is 10.5. The Balaban J connectivity index is 3.17. The van der Waals surface area contributed by atoms with Crippen molar-refractivity contribution in [2.24, 2.45) is 5.73 Å². The molecule has 0 bridgehead atoms. The van der Waals surface area contributed by atoms with Gasteiger partial charge in [0.2, 0.25) is 5.91 Å². The Kier molecular flexibility index (Phi) is 5.84. The van der Waals surface area contributed by atoms with Gasteiger partial charge in [-0.3, -0.25) is 4.79 Å². The molecular weight excluding hydrogens is 140 g/mol. The zero-order valence-corrected chi connectivity index (χ0v) is 7.39. The topological polar surface area (TPSA) is 55.1 Å². The zero-order chi connectivity index (χ0) is 8.69. The molecule has 0 rings (SSSR count). The van der Waals surface area contributed by atoms with Crippen LogP contribution in [-0.4, -0.2) is 18.5 Å². The van der Waals surface area contributed by atoms with Crippen LogP contribution in [0, 0.1) is 0 Å². The highest BCUT2D eigenvalue weighted by molar-refractivity contribution is 5.79. The smallest absolute Gasteiger partial charge is 0.234 e. The molecule has 0 aromatic heterocycles. The average Bonchev–Trinajstić information content (AvgIpc) is 1.97. The van der Waals surface area contributed by atoms with E-state index in [4.69, 9.17) is 5.73 Å². The van der Waals surface area contributed by atoms with Crippen LogP contribution in [0.15, 0.2) is 0 Å². The number of carbonyl (C=O) groups excluding carboxylic acids is 1. The second kappa shape index (κ2) is 6.16. The summed E-state index contributed by atoms with van der Waals surface area (Å²) in [5.74, 6) is -0.276. The van der Waals surface area contributed by atoms with Crippen molar-refractivity contribution in [1.82, 2.24) is 5.32 Å². The summed E-state index contributed by atoms with van der Waals surface area (Å²) in [6.45, 7) is 4.82. The van der Waals surface area contributed by atoms with Gasteiger partial charge in [-0.1, -0.05) is 19.8 Å². The van der Waals surface area contributed by atoms with Crippen LogP contribution in [-0.2, 0) is 4.79 Å². The van der Waals surface area contributed by atoms with Crippen molar-refractivity contribution in [3.8, 4) is 0 Å². The maximum atomic E-state index is 10.5. The molecule has 11 heavy (non-hydrogen) atoms. The first-order chi connectivity index (χ1) is 5.18. The van der Waals surface area contributed by atoms with Crippen molar-refractivity contribution in [3.63, 3.8) is 0 Å². The Morgan fingerprint density at radius 3 is 2.64 bits per heavy atom. The van der Waals surface area contributed by atoms with Crippen molar-refractivity contribution >= 4 is 5.91 Å². The molecule has 3 nitrogen and oxygen atoms in total. The first-order valence-electron chi connectivity index (χ1n) is 4.21. The van der Waals surface area contributed by atoms with Gasteiger partial charge in [-0.15, -0.1) is 0 Å². The second-order valence-electron chi connectivity index (χ2n) is 2.79. The van der Waals surface area contributed by atoms with E-state index in [2.05, 4.69) is 12.2 Å². The van der Waals surface area contributed by atoms with Gasteiger partial charge in [-0.05, 0) is 19.9 Å². The van der Waals surface area contributed by atoms with E-state index in [0.717, 1.165) is 13.0 Å². The largest absolute Gasteiger partial charge is 0.368 e. The molecule has 1 unspecified atom stereocenters. The molecule has 1 amide bonds. The minimum atomic E-state index is -0.276. The fourth-order valence-corrected chi connectivity index (χ4v) is 0.794. The highest BCUT2D eigenvalue weighted by Crippen LogP contribution is 1.91. The summed E-state index contributed by atoms with van der Waals surface area (Å²) < 4.78 is 0. The Morgan fingerprint density at radius 1 is 1.55 bits per heavy atom. The third kappa shape index (κ3) is 5.85. The molecule has 3 N–H and O–H groups in total. The number of carbonyl (C=O) groups is 1. The van der Waals surface area contributed by atoms with E-state index in [0.29, 0.717) is 0 Å². The number of unbranched alkanes of at least 4 members (excludes halogenated alkanes) is 2. The van der Waals surface area contributed by atoms with E-state index in [9.17, 15) is 4.79 Å². The molecule has 0 fully saturated rings. The lowest BCUT2D eigenvalue weighted by atomic mass is 10.2. The number of nitrogens with one attached hydrogen (secondary N) is 1. The molecule has 0 spiro atoms. The average molecular weight is 158 g/mol. The van der Waals surface area contributed by atoms with Crippen LogP contribution in [0.2, 0.25) is 0 Å². The zero-order valence-electron chi connectivity index (χ0n) is 7.39. The summed E-state index contributed by atoms with van der Waals surface area (Å²) in [5.41, 5.74) is 5.05. The number of hydrogen-bond donors (Lipinski definition) is 2. The van der Waals surface area contributed by atoms with Crippen LogP contribution in [0.1, 0.15) is 33.1 Å². The van der Waals surface area contributed by atoms with E-state index in [1.54, 1.807) is 6.92 Å². The van der Waals surface area contributed by atoms with Gasteiger partial charge in [0.15, 0.2) is 0 Å². The standard InChI is InChI=1S/C8H18N2O/c1-3-4-5-6-10-7(2)8(9)11/h7,10H,3-6H2,1-2H3,(H2,9,11). The number of hydrogen-bond acceptors (Lipinski definition) is 2. The van der Waals surface area contributed by atoms with Crippen LogP contribution >= 0.6 is 0 Å². The van der Waals surface area contributed by atoms with Gasteiger partial charge in [-0.2, -0.15) is 0 Å². The fourth-order valence-electron chi connectivity index (χ4n) is 0.794. The Hall–Kier alpha value is -0.570. The van der Waals surface area contributed by atoms with Gasteiger partial charge in [0, 0.05) is 0 Å². The van der Waals surface area contributed by atoms with Crippen LogP contribution in [0.3, 0.4) is 0 Å². The van der Waals surface area contributed by atoms with Gasteiger partial charge in [-0.25, -0.2) is 0 Å². The van der Waals surface area contributed by atoms with E-state index in [1.807, 2.05) is 0 Å². The number of nitrogens with two attached hydrogens (primary N) is 1. The minimum Gasteiger partial charge on any atom is -0.368 e. The second-order valence-corrected chi connectivity index (χ2v) is 2.79. The van der Waals surface area contributed by atoms with Crippen molar-refractivity contribution < 1.29 is 4.79 Å². The van der Waals surface area contributed by atoms with Crippen LogP contribution in [0.4, 0.5) is 0 Å². The lowest BCUT2D eigenvalue weighted by molar-refractivity contribution is -0.119. The first kappa shape index (κ1) is 10.4. The monoisotopic (exact) mass is 158 g/mol. The lowest BCUT2D eigenvalue weighted by Gasteiger charge is -2.08. The number of primary amides is 1. The highest BCUT2D eigenvalue weighted by Gasteiger charge is 2.05. The van der Waals surface area contributed by atoms with Gasteiger partial charge >= 0.3 is 0 Å². The Labute approximate surface area is 68.3 Å². The normalized spacial score (nSPS) is 12.9. The van der Waals surface area contributed by atoms with Crippen LogP contribution in [0.5, 0.6) is 0 Å². The number of amides is 1. The summed E-state index contributed by atoms with van der Waals surface area (Å²) in [6.07, 6.45) is 3.53. The van der Waals surface area contributed by atoms with E-state index in [-0.39, 0.29) is 11.9 Å². The molecule has 0 saturated carbocycles.